The second-order valence-corrected chi connectivity index (χ2v) is 10.9. The van der Waals surface area contributed by atoms with E-state index in [1.807, 2.05) is 32.0 Å². The molecule has 45 heavy (non-hydrogen) atoms. The number of benzene rings is 3. The average Bonchev–Trinajstić information content (AvgIpc) is 3.59. The number of hydrogen-bond acceptors (Lipinski definition) is 6. The number of nitrogens with one attached hydrogen (secondary N) is 1. The number of aromatic nitrogens is 3. The summed E-state index contributed by atoms with van der Waals surface area (Å²) in [5.41, 5.74) is 4.76. The Labute approximate surface area is 258 Å². The van der Waals surface area contributed by atoms with Gasteiger partial charge in [0.25, 0.3) is 0 Å². The van der Waals surface area contributed by atoms with Crippen molar-refractivity contribution >= 4 is 40.2 Å². The van der Waals surface area contributed by atoms with Gasteiger partial charge in [-0.1, -0.05) is 30.8 Å². The van der Waals surface area contributed by atoms with E-state index in [-0.39, 0.29) is 16.8 Å². The number of alkyl halides is 5. The zero-order chi connectivity index (χ0) is 32.5. The van der Waals surface area contributed by atoms with Gasteiger partial charge in [-0.25, -0.2) is 14.5 Å². The fourth-order valence-corrected chi connectivity index (χ4v) is 5.34. The number of anilines is 2. The van der Waals surface area contributed by atoms with E-state index in [0.717, 1.165) is 23.3 Å². The summed E-state index contributed by atoms with van der Waals surface area (Å²) in [6, 6.07) is 14.6. The lowest BCUT2D eigenvalue weighted by Crippen LogP contribution is -2.41. The van der Waals surface area contributed by atoms with Gasteiger partial charge in [-0.05, 0) is 85.5 Å². The van der Waals surface area contributed by atoms with E-state index in [4.69, 9.17) is 0 Å². The van der Waals surface area contributed by atoms with E-state index in [1.54, 1.807) is 25.1 Å². The van der Waals surface area contributed by atoms with Crippen LogP contribution in [0.2, 0.25) is 0 Å². The largest absolute Gasteiger partial charge is 0.499 e. The van der Waals surface area contributed by atoms with E-state index >= 15 is 0 Å². The van der Waals surface area contributed by atoms with Gasteiger partial charge in [0.05, 0.1) is 17.1 Å². The van der Waals surface area contributed by atoms with Crippen LogP contribution in [0.1, 0.15) is 23.6 Å². The Morgan fingerprint density at radius 2 is 1.78 bits per heavy atom. The number of halogens is 5. The number of rotatable bonds is 7. The van der Waals surface area contributed by atoms with Gasteiger partial charge in [0.2, 0.25) is 5.91 Å². The lowest BCUT2D eigenvalue weighted by atomic mass is 10.1. The molecule has 5 rings (SSSR count). The van der Waals surface area contributed by atoms with Crippen LogP contribution in [0.4, 0.5) is 38.1 Å². The van der Waals surface area contributed by atoms with Crippen molar-refractivity contribution < 1.29 is 36.3 Å². The Morgan fingerprint density at radius 3 is 2.44 bits per heavy atom. The van der Waals surface area contributed by atoms with Crippen LogP contribution < -0.4 is 15.0 Å². The standard InChI is InChI=1S/C30H25F5N6O3S/c1-4-19-6-5-17(2)13-24(19)41-25(42)15-45-28(41)38-27(43)37-20-7-12-23(18(3)14-20)26-36-16-40(39-26)21-8-10-22(11-9-21)44-30(34,35)29(31,32)33/h5-14,16H,4,15H2,1-3H3,(H,37,43)/b38-28-. The van der Waals surface area contributed by atoms with E-state index in [9.17, 15) is 31.5 Å². The maximum atomic E-state index is 13.2. The number of nitrogens with zero attached hydrogens (tertiary/aromatic N) is 5. The second-order valence-electron chi connectivity index (χ2n) is 9.98. The fraction of sp³-hybridized carbons (Fsp3) is 0.233. The number of carbonyl (C=O) groups excluding carboxylic acids is 2. The number of amidine groups is 1. The molecule has 1 aromatic heterocycles. The summed E-state index contributed by atoms with van der Waals surface area (Å²) in [6.07, 6.45) is -9.13. The smallest absolute Gasteiger partial charge is 0.426 e. The van der Waals surface area contributed by atoms with Crippen LogP contribution in [0, 0.1) is 13.8 Å². The predicted octanol–water partition coefficient (Wildman–Crippen LogP) is 7.32. The van der Waals surface area contributed by atoms with Crippen LogP contribution in [0.3, 0.4) is 0 Å². The topological polar surface area (TPSA) is 102 Å². The SMILES string of the molecule is CCc1ccc(C)cc1N1C(=O)CS/C1=N\C(=O)Nc1ccc(-c2ncn(-c3ccc(OC(F)(F)C(F)(F)F)cc3)n2)c(C)c1. The van der Waals surface area contributed by atoms with Gasteiger partial charge >= 0.3 is 18.3 Å². The van der Waals surface area contributed by atoms with E-state index in [2.05, 4.69) is 25.1 Å². The quantitative estimate of drug-likeness (QED) is 0.212. The molecule has 3 amide bonds. The predicted molar refractivity (Wildman–Crippen MR) is 160 cm³/mol. The molecule has 0 unspecified atom stereocenters. The molecule has 234 valence electrons. The number of ether oxygens (including phenoxy) is 1. The summed E-state index contributed by atoms with van der Waals surface area (Å²) in [5.74, 6) is -0.364. The normalized spacial score (nSPS) is 14.7. The molecule has 9 nitrogen and oxygen atoms in total. The monoisotopic (exact) mass is 644 g/mol. The minimum atomic E-state index is -5.85. The molecule has 0 atom stereocenters. The Morgan fingerprint density at radius 1 is 1.04 bits per heavy atom. The highest BCUT2D eigenvalue weighted by atomic mass is 32.2. The highest BCUT2D eigenvalue weighted by Gasteiger charge is 2.61. The van der Waals surface area contributed by atoms with Crippen molar-refractivity contribution in [3.05, 3.63) is 83.7 Å². The molecule has 0 radical (unpaired) electrons. The number of aryl methyl sites for hydroxylation is 3. The molecule has 0 aliphatic carbocycles. The number of aliphatic imine (C=N–C) groups is 1. The minimum absolute atomic E-state index is 0.161. The zero-order valence-electron chi connectivity index (χ0n) is 24.0. The third kappa shape index (κ3) is 6.82. The van der Waals surface area contributed by atoms with Gasteiger partial charge < -0.3 is 10.1 Å². The first-order chi connectivity index (χ1) is 21.3. The van der Waals surface area contributed by atoms with Gasteiger partial charge in [-0.3, -0.25) is 9.69 Å². The average molecular weight is 645 g/mol. The molecule has 1 fully saturated rings. The second kappa shape index (κ2) is 12.3. The number of amides is 3. The van der Waals surface area contributed by atoms with E-state index in [0.29, 0.717) is 40.4 Å². The van der Waals surface area contributed by atoms with Crippen LogP contribution in [0.15, 0.2) is 72.0 Å². The number of thioether (sulfide) groups is 1. The molecule has 2 heterocycles. The molecule has 4 aromatic rings. The highest BCUT2D eigenvalue weighted by molar-refractivity contribution is 8.15. The van der Waals surface area contributed by atoms with Crippen molar-refractivity contribution in [1.82, 2.24) is 14.8 Å². The maximum absolute atomic E-state index is 13.2. The molecule has 15 heteroatoms. The minimum Gasteiger partial charge on any atom is -0.426 e. The molecular weight excluding hydrogens is 619 g/mol. The van der Waals surface area contributed by atoms with Crippen molar-refractivity contribution in [1.29, 1.82) is 0 Å². The summed E-state index contributed by atoms with van der Waals surface area (Å²) in [6.45, 7) is 5.69. The van der Waals surface area contributed by atoms with Gasteiger partial charge in [0, 0.05) is 11.3 Å². The molecule has 0 spiro atoms. The molecule has 0 bridgehead atoms. The first-order valence-corrected chi connectivity index (χ1v) is 14.5. The van der Waals surface area contributed by atoms with Gasteiger partial charge in [0.1, 0.15) is 12.1 Å². The van der Waals surface area contributed by atoms with E-state index in [1.165, 1.54) is 39.8 Å². The molecule has 1 saturated heterocycles. The Balaban J connectivity index is 1.28. The number of hydrogen-bond donors (Lipinski definition) is 1. The molecule has 1 aliphatic heterocycles. The molecule has 0 saturated carbocycles. The lowest BCUT2D eigenvalue weighted by Gasteiger charge is -2.20. The molecule has 1 N–H and O–H groups in total. The van der Waals surface area contributed by atoms with Crippen LogP contribution in [-0.2, 0) is 11.2 Å². The van der Waals surface area contributed by atoms with Crippen LogP contribution in [0.5, 0.6) is 5.75 Å². The van der Waals surface area contributed by atoms with Crippen molar-refractivity contribution in [2.24, 2.45) is 4.99 Å². The zero-order valence-corrected chi connectivity index (χ0v) is 24.8. The van der Waals surface area contributed by atoms with Crippen LogP contribution in [-0.4, -0.2) is 49.9 Å². The summed E-state index contributed by atoms with van der Waals surface area (Å²) in [4.78, 5) is 35.5. The maximum Gasteiger partial charge on any atom is 0.499 e. The number of carbonyl (C=O) groups is 2. The summed E-state index contributed by atoms with van der Waals surface area (Å²) in [5, 5.41) is 7.37. The first-order valence-electron chi connectivity index (χ1n) is 13.5. The van der Waals surface area contributed by atoms with Crippen LogP contribution >= 0.6 is 11.8 Å². The van der Waals surface area contributed by atoms with Gasteiger partial charge in [-0.15, -0.1) is 5.10 Å². The third-order valence-corrected chi connectivity index (χ3v) is 7.64. The van der Waals surface area contributed by atoms with Crippen molar-refractivity contribution in [2.75, 3.05) is 16.0 Å². The summed E-state index contributed by atoms with van der Waals surface area (Å²) in [7, 11) is 0. The molecule has 1 aliphatic rings. The fourth-order valence-electron chi connectivity index (χ4n) is 4.48. The Bertz CT molecular complexity index is 1790. The van der Waals surface area contributed by atoms with Gasteiger partial charge in [0.15, 0.2) is 11.0 Å². The number of urea groups is 1. The molecule has 3 aromatic carbocycles. The van der Waals surface area contributed by atoms with Crippen molar-refractivity contribution in [3.63, 3.8) is 0 Å². The first kappa shape index (κ1) is 31.6. The van der Waals surface area contributed by atoms with Gasteiger partial charge in [-0.2, -0.15) is 26.9 Å². The summed E-state index contributed by atoms with van der Waals surface area (Å²) < 4.78 is 68.7. The lowest BCUT2D eigenvalue weighted by molar-refractivity contribution is -0.360. The summed E-state index contributed by atoms with van der Waals surface area (Å²) >= 11 is 1.19. The third-order valence-electron chi connectivity index (χ3n) is 6.71. The molecular formula is C30H25F5N6O3S. The Kier molecular flexibility index (Phi) is 8.65. The highest BCUT2D eigenvalue weighted by Crippen LogP contribution is 2.37. The van der Waals surface area contributed by atoms with E-state index < -0.39 is 24.1 Å². The Hall–Kier alpha value is -4.79. The van der Waals surface area contributed by atoms with Crippen molar-refractivity contribution in [2.45, 2.75) is 39.5 Å². The van der Waals surface area contributed by atoms with Crippen molar-refractivity contribution in [3.8, 4) is 22.8 Å². The van der Waals surface area contributed by atoms with Crippen LogP contribution in [0.25, 0.3) is 17.1 Å².